The average molecular weight is 930 g/mol. The van der Waals surface area contributed by atoms with Crippen LogP contribution in [0.2, 0.25) is 0 Å². The molecule has 8 rings (SSSR count). The van der Waals surface area contributed by atoms with Gasteiger partial charge in [-0.15, -0.1) is 106 Å². The van der Waals surface area contributed by atoms with E-state index < -0.39 is 36.8 Å². The molecule has 1 aliphatic rings. The summed E-state index contributed by atoms with van der Waals surface area (Å²) in [6.45, 7) is 4.04. The molecule has 3 aromatic heterocycles. The van der Waals surface area contributed by atoms with Gasteiger partial charge < -0.3 is 15.0 Å². The zero-order valence-corrected chi connectivity index (χ0v) is 34.6. The molecule has 0 aliphatic heterocycles. The Balaban J connectivity index is 0.00000648. The summed E-state index contributed by atoms with van der Waals surface area (Å²) in [5.41, 5.74) is 5.58. The Bertz CT molecular complexity index is 2620. The molecule has 1 saturated carbocycles. The van der Waals surface area contributed by atoms with E-state index in [9.17, 15) is 11.0 Å². The van der Waals surface area contributed by atoms with Crippen LogP contribution < -0.4 is 0 Å². The summed E-state index contributed by atoms with van der Waals surface area (Å²) >= 11 is 0. The van der Waals surface area contributed by atoms with Gasteiger partial charge in [-0.2, -0.15) is 0 Å². The van der Waals surface area contributed by atoms with Crippen LogP contribution in [-0.4, -0.2) is 15.0 Å². The zero-order valence-electron chi connectivity index (χ0n) is 41.2. The van der Waals surface area contributed by atoms with Gasteiger partial charge in [0.25, 0.3) is 0 Å². The van der Waals surface area contributed by atoms with E-state index >= 15 is 0 Å². The predicted octanol–water partition coefficient (Wildman–Crippen LogP) is 12.4. The van der Waals surface area contributed by atoms with Gasteiger partial charge in [-0.05, 0) is 95.3 Å². The van der Waals surface area contributed by atoms with Crippen molar-refractivity contribution in [2.24, 2.45) is 0 Å². The number of pyridine rings is 3. The fraction of sp³-hybridized carbons (Fsp3) is 0.264. The standard InChI is InChI=1S/C53H50N3.Ir/c1-53(2,49-28-26-47(27-29-49)52-37-48(30-33-56-52)44-10-4-3-5-11-44)38-43-35-41(16-14-39-18-22-45(23-19-39)50-12-6-8-31-54-50)34-42(36-43)17-15-40-20-24-46(25-21-40)51-13-7-9-32-55-51;/h6-9,12-13,18-22,24,26,28-37,44H,3-5,10-11,14-17,38H2,1-2H3;/q-3;+3/i14D2,15D2,16D2,17D2,44D;. The van der Waals surface area contributed by atoms with Crippen LogP contribution in [-0.2, 0) is 57.4 Å². The van der Waals surface area contributed by atoms with Crippen LogP contribution in [0.5, 0.6) is 0 Å². The first-order valence-corrected chi connectivity index (χ1v) is 19.3. The van der Waals surface area contributed by atoms with Gasteiger partial charge in [0.05, 0.1) is 0 Å². The molecule has 1 aliphatic carbocycles. The molecule has 7 aromatic rings. The third-order valence-corrected chi connectivity index (χ3v) is 10.3. The van der Waals surface area contributed by atoms with Crippen molar-refractivity contribution in [3.8, 4) is 33.8 Å². The molecule has 0 N–H and O–H groups in total. The Kier molecular flexibility index (Phi) is 10.0. The number of rotatable bonds is 13. The smallest absolute Gasteiger partial charge is 0.305 e. The van der Waals surface area contributed by atoms with E-state index in [2.05, 4.69) is 33.2 Å². The molecule has 3 nitrogen and oxygen atoms in total. The molecule has 1 fully saturated rings. The summed E-state index contributed by atoms with van der Waals surface area (Å²) in [4.78, 5) is 13.3. The third kappa shape index (κ3) is 10.5. The molecule has 0 spiro atoms. The monoisotopic (exact) mass is 930 g/mol. The van der Waals surface area contributed by atoms with Crippen LogP contribution >= 0.6 is 0 Å². The number of aromatic nitrogens is 3. The minimum absolute atomic E-state index is 0. The molecule has 3 heterocycles. The van der Waals surface area contributed by atoms with Gasteiger partial charge in [0.2, 0.25) is 0 Å². The second kappa shape index (κ2) is 18.9. The number of aryl methyl sites for hydroxylation is 4. The van der Waals surface area contributed by atoms with Crippen molar-refractivity contribution in [1.29, 1.82) is 0 Å². The minimum atomic E-state index is -2.73. The molecule has 0 unspecified atom stereocenters. The van der Waals surface area contributed by atoms with E-state index in [0.717, 1.165) is 54.5 Å². The second-order valence-electron chi connectivity index (χ2n) is 15.0. The van der Waals surface area contributed by atoms with Gasteiger partial charge in [0.15, 0.2) is 0 Å². The third-order valence-electron chi connectivity index (χ3n) is 10.3. The van der Waals surface area contributed by atoms with Crippen molar-refractivity contribution in [3.63, 3.8) is 0 Å². The molecule has 0 bridgehead atoms. The van der Waals surface area contributed by atoms with E-state index in [-0.39, 0.29) is 48.8 Å². The fourth-order valence-corrected chi connectivity index (χ4v) is 7.28. The molecule has 0 radical (unpaired) electrons. The first kappa shape index (κ1) is 30.1. The van der Waals surface area contributed by atoms with Crippen LogP contribution in [0, 0.1) is 18.2 Å². The van der Waals surface area contributed by atoms with Crippen molar-refractivity contribution in [2.75, 3.05) is 0 Å². The van der Waals surface area contributed by atoms with Crippen LogP contribution in [0.4, 0.5) is 0 Å². The Hall–Kier alpha value is -5.02. The SMILES string of the molecule is [2H]C1(c2ccnc(-c3[c-]cc(C(C)(C)Cc4cc(C([2H])([2H])C([2H])([2H])c5c[c-]c(-c6ccccn6)cc5)cc(C([2H])([2H])C([2H])([2H])c5c[c-]c(-c6ccccn6)cc5)c4)cc3)c2)CCCCC1.[Ir+3]. The van der Waals surface area contributed by atoms with Gasteiger partial charge in [0.1, 0.15) is 0 Å². The van der Waals surface area contributed by atoms with E-state index in [1.165, 1.54) is 30.3 Å². The Morgan fingerprint density at radius 2 is 1.09 bits per heavy atom. The molecule has 0 amide bonds. The van der Waals surface area contributed by atoms with Gasteiger partial charge in [-0.1, -0.05) is 100.0 Å². The first-order chi connectivity index (χ1) is 30.8. The molecular weight excluding hydrogens is 871 g/mol. The molecular formula is C53H50IrN3. The molecule has 0 saturated heterocycles. The second-order valence-corrected chi connectivity index (χ2v) is 15.0. The van der Waals surface area contributed by atoms with E-state index in [1.807, 2.05) is 68.4 Å². The van der Waals surface area contributed by atoms with Crippen molar-refractivity contribution >= 4 is 0 Å². The summed E-state index contributed by atoms with van der Waals surface area (Å²) < 4.78 is 84.1. The zero-order chi connectivity index (χ0) is 46.3. The summed E-state index contributed by atoms with van der Waals surface area (Å²) in [6.07, 6.45) is -0.511. The fourth-order valence-electron chi connectivity index (χ4n) is 7.28. The van der Waals surface area contributed by atoms with Crippen molar-refractivity contribution in [1.82, 2.24) is 15.0 Å². The van der Waals surface area contributed by atoms with E-state index in [4.69, 9.17) is 1.37 Å². The predicted molar refractivity (Wildman–Crippen MR) is 229 cm³/mol. The summed E-state index contributed by atoms with van der Waals surface area (Å²) in [7, 11) is 0. The maximum atomic E-state index is 9.46. The normalized spacial score (nSPS) is 17.1. The molecule has 286 valence electrons. The maximum absolute atomic E-state index is 9.46. The van der Waals surface area contributed by atoms with Gasteiger partial charge >= 0.3 is 20.1 Å². The molecule has 0 atom stereocenters. The van der Waals surface area contributed by atoms with Crippen LogP contribution in [0.1, 0.15) is 103 Å². The maximum Gasteiger partial charge on any atom is 3.00 e. The Morgan fingerprint density at radius 1 is 0.561 bits per heavy atom. The number of hydrogen-bond acceptors (Lipinski definition) is 3. The Labute approximate surface area is 366 Å². The minimum Gasteiger partial charge on any atom is -0.305 e. The number of nitrogens with zero attached hydrogens (tertiary/aromatic N) is 3. The topological polar surface area (TPSA) is 38.7 Å². The quantitative estimate of drug-likeness (QED) is 0.108. The van der Waals surface area contributed by atoms with E-state index in [1.54, 1.807) is 55.0 Å². The van der Waals surface area contributed by atoms with Gasteiger partial charge in [-0.3, -0.25) is 0 Å². The average Bonchev–Trinajstić information content (AvgIpc) is 3.32. The van der Waals surface area contributed by atoms with Crippen LogP contribution in [0.25, 0.3) is 33.8 Å². The van der Waals surface area contributed by atoms with Gasteiger partial charge in [0, 0.05) is 30.9 Å². The van der Waals surface area contributed by atoms with Crippen LogP contribution in [0.3, 0.4) is 0 Å². The van der Waals surface area contributed by atoms with Crippen molar-refractivity contribution in [2.45, 2.75) is 89.2 Å². The van der Waals surface area contributed by atoms with E-state index in [0.29, 0.717) is 28.1 Å². The van der Waals surface area contributed by atoms with Crippen LogP contribution in [0.15, 0.2) is 140 Å². The van der Waals surface area contributed by atoms with Gasteiger partial charge in [-0.25, -0.2) is 0 Å². The Morgan fingerprint density at radius 3 is 1.61 bits per heavy atom. The summed E-state index contributed by atoms with van der Waals surface area (Å²) in [5, 5.41) is 0. The summed E-state index contributed by atoms with van der Waals surface area (Å²) in [6, 6.07) is 43.8. The number of benzene rings is 4. The van der Waals surface area contributed by atoms with Crippen molar-refractivity contribution in [3.05, 3.63) is 197 Å². The molecule has 4 aromatic carbocycles. The van der Waals surface area contributed by atoms with Crippen molar-refractivity contribution < 1.29 is 32.4 Å². The molecule has 4 heteroatoms. The summed E-state index contributed by atoms with van der Waals surface area (Å²) in [5.74, 6) is -0.623. The largest absolute Gasteiger partial charge is 3.00 e. The first-order valence-electron chi connectivity index (χ1n) is 23.8. The molecule has 57 heavy (non-hydrogen) atoms. The number of hydrogen-bond donors (Lipinski definition) is 0.